The molecule has 0 aliphatic carbocycles. The monoisotopic (exact) mass is 289 g/mol. The van der Waals surface area contributed by atoms with Crippen molar-refractivity contribution in [3.63, 3.8) is 0 Å². The molecule has 2 rings (SSSR count). The SMILES string of the molecule is CCCCCn1c(CCNC)nc2cc(OCC)ccc21. The quantitative estimate of drug-likeness (QED) is 0.719. The van der Waals surface area contributed by atoms with Crippen molar-refractivity contribution in [1.82, 2.24) is 14.9 Å². The largest absolute Gasteiger partial charge is 0.494 e. The van der Waals surface area contributed by atoms with E-state index in [1.54, 1.807) is 0 Å². The fraction of sp³-hybridized carbons (Fsp3) is 0.588. The summed E-state index contributed by atoms with van der Waals surface area (Å²) in [5.74, 6) is 2.08. The second-order valence-electron chi connectivity index (χ2n) is 5.32. The Balaban J connectivity index is 2.30. The number of unbranched alkanes of at least 4 members (excludes halogenated alkanes) is 2. The zero-order valence-electron chi connectivity index (χ0n) is 13.5. The highest BCUT2D eigenvalue weighted by molar-refractivity contribution is 5.77. The van der Waals surface area contributed by atoms with Gasteiger partial charge in [-0.1, -0.05) is 19.8 Å². The van der Waals surface area contributed by atoms with E-state index in [1.807, 2.05) is 20.0 Å². The minimum atomic E-state index is 0.690. The van der Waals surface area contributed by atoms with E-state index in [-0.39, 0.29) is 0 Å². The van der Waals surface area contributed by atoms with E-state index in [4.69, 9.17) is 9.72 Å². The zero-order chi connectivity index (χ0) is 15.1. The molecule has 4 heteroatoms. The van der Waals surface area contributed by atoms with E-state index in [1.165, 1.54) is 30.6 Å². The summed E-state index contributed by atoms with van der Waals surface area (Å²) >= 11 is 0. The number of likely N-dealkylation sites (N-methyl/N-ethyl adjacent to an activating group) is 1. The molecule has 0 fully saturated rings. The number of hydrogen-bond acceptors (Lipinski definition) is 3. The van der Waals surface area contributed by atoms with Gasteiger partial charge in [0.1, 0.15) is 11.6 Å². The molecule has 4 nitrogen and oxygen atoms in total. The topological polar surface area (TPSA) is 39.1 Å². The van der Waals surface area contributed by atoms with Gasteiger partial charge in [0, 0.05) is 25.6 Å². The Morgan fingerprint density at radius 3 is 2.81 bits per heavy atom. The molecule has 0 radical (unpaired) electrons. The number of aryl methyl sites for hydroxylation is 1. The lowest BCUT2D eigenvalue weighted by Crippen LogP contribution is -2.14. The number of rotatable bonds is 9. The Bertz CT molecular complexity index is 562. The zero-order valence-corrected chi connectivity index (χ0v) is 13.5. The summed E-state index contributed by atoms with van der Waals surface area (Å²) in [5, 5.41) is 3.21. The van der Waals surface area contributed by atoms with E-state index in [0.29, 0.717) is 6.61 Å². The van der Waals surface area contributed by atoms with Crippen LogP contribution < -0.4 is 10.1 Å². The Labute approximate surface area is 127 Å². The molecular weight excluding hydrogens is 262 g/mol. The summed E-state index contributed by atoms with van der Waals surface area (Å²) in [4.78, 5) is 4.81. The normalized spacial score (nSPS) is 11.2. The average Bonchev–Trinajstić information content (AvgIpc) is 2.83. The van der Waals surface area contributed by atoms with Gasteiger partial charge in [-0.3, -0.25) is 0 Å². The number of hydrogen-bond donors (Lipinski definition) is 1. The van der Waals surface area contributed by atoms with E-state index in [2.05, 4.69) is 28.9 Å². The lowest BCUT2D eigenvalue weighted by Gasteiger charge is -2.09. The van der Waals surface area contributed by atoms with Crippen LogP contribution in [0.1, 0.15) is 38.9 Å². The Hall–Kier alpha value is -1.55. The molecule has 0 unspecified atom stereocenters. The molecule has 1 heterocycles. The highest BCUT2D eigenvalue weighted by Gasteiger charge is 2.11. The summed E-state index contributed by atoms with van der Waals surface area (Å²) in [5.41, 5.74) is 2.27. The third-order valence-corrected chi connectivity index (χ3v) is 3.69. The third-order valence-electron chi connectivity index (χ3n) is 3.69. The van der Waals surface area contributed by atoms with Gasteiger partial charge in [-0.15, -0.1) is 0 Å². The number of imidazole rings is 1. The minimum absolute atomic E-state index is 0.690. The first kappa shape index (κ1) is 15.8. The predicted molar refractivity (Wildman–Crippen MR) is 88.1 cm³/mol. The van der Waals surface area contributed by atoms with Crippen molar-refractivity contribution >= 4 is 11.0 Å². The summed E-state index contributed by atoms with van der Waals surface area (Å²) in [7, 11) is 1.98. The Morgan fingerprint density at radius 2 is 2.10 bits per heavy atom. The van der Waals surface area contributed by atoms with Gasteiger partial charge in [-0.05, 0) is 32.5 Å². The first-order chi connectivity index (χ1) is 10.3. The van der Waals surface area contributed by atoms with E-state index in [9.17, 15) is 0 Å². The molecule has 0 aliphatic heterocycles. The molecule has 21 heavy (non-hydrogen) atoms. The standard InChI is InChI=1S/C17H27N3O/c1-4-6-7-12-20-16-9-8-14(21-5-2)13-15(16)19-17(20)10-11-18-3/h8-9,13,18H,4-7,10-12H2,1-3H3. The molecule has 0 saturated heterocycles. The molecule has 116 valence electrons. The van der Waals surface area contributed by atoms with Gasteiger partial charge in [0.05, 0.1) is 17.6 Å². The highest BCUT2D eigenvalue weighted by atomic mass is 16.5. The second-order valence-corrected chi connectivity index (χ2v) is 5.32. The third kappa shape index (κ3) is 3.97. The number of nitrogens with zero attached hydrogens (tertiary/aromatic N) is 2. The molecule has 2 aromatic rings. The molecule has 0 spiro atoms. The lowest BCUT2D eigenvalue weighted by molar-refractivity contribution is 0.340. The van der Waals surface area contributed by atoms with Crippen molar-refractivity contribution in [3.05, 3.63) is 24.0 Å². The van der Waals surface area contributed by atoms with Crippen LogP contribution in [0, 0.1) is 0 Å². The summed E-state index contributed by atoms with van der Waals surface area (Å²) < 4.78 is 7.95. The number of fused-ring (bicyclic) bond motifs is 1. The van der Waals surface area contributed by atoms with Crippen LogP contribution in [0.25, 0.3) is 11.0 Å². The van der Waals surface area contributed by atoms with Crippen molar-refractivity contribution in [3.8, 4) is 5.75 Å². The van der Waals surface area contributed by atoms with Crippen LogP contribution in [0.15, 0.2) is 18.2 Å². The average molecular weight is 289 g/mol. The smallest absolute Gasteiger partial charge is 0.121 e. The van der Waals surface area contributed by atoms with Gasteiger partial charge in [0.15, 0.2) is 0 Å². The Kier molecular flexibility index (Phi) is 6.05. The number of nitrogens with one attached hydrogen (secondary N) is 1. The van der Waals surface area contributed by atoms with Crippen LogP contribution in [0.5, 0.6) is 5.75 Å². The van der Waals surface area contributed by atoms with E-state index < -0.39 is 0 Å². The number of aromatic nitrogens is 2. The van der Waals surface area contributed by atoms with Crippen LogP contribution in [0.3, 0.4) is 0 Å². The molecule has 1 aromatic carbocycles. The maximum Gasteiger partial charge on any atom is 0.121 e. The van der Waals surface area contributed by atoms with Gasteiger partial charge >= 0.3 is 0 Å². The van der Waals surface area contributed by atoms with Crippen LogP contribution in [-0.4, -0.2) is 29.8 Å². The van der Waals surface area contributed by atoms with Crippen LogP contribution in [0.4, 0.5) is 0 Å². The fourth-order valence-corrected chi connectivity index (χ4v) is 2.61. The van der Waals surface area contributed by atoms with Gasteiger partial charge in [0.25, 0.3) is 0 Å². The Morgan fingerprint density at radius 1 is 1.24 bits per heavy atom. The summed E-state index contributed by atoms with van der Waals surface area (Å²) in [6, 6.07) is 6.24. The van der Waals surface area contributed by atoms with Gasteiger partial charge < -0.3 is 14.6 Å². The van der Waals surface area contributed by atoms with Gasteiger partial charge in [-0.25, -0.2) is 4.98 Å². The molecule has 1 N–H and O–H groups in total. The molecule has 0 aliphatic rings. The molecule has 1 aromatic heterocycles. The molecule has 0 saturated carbocycles. The van der Waals surface area contributed by atoms with Crippen molar-refractivity contribution < 1.29 is 4.74 Å². The maximum absolute atomic E-state index is 5.58. The second kappa shape index (κ2) is 8.03. The number of ether oxygens (including phenoxy) is 1. The molecule has 0 bridgehead atoms. The molecule has 0 atom stereocenters. The van der Waals surface area contributed by atoms with Crippen LogP contribution in [0.2, 0.25) is 0 Å². The first-order valence-corrected chi connectivity index (χ1v) is 8.06. The first-order valence-electron chi connectivity index (χ1n) is 8.06. The summed E-state index contributed by atoms with van der Waals surface area (Å²) in [6.45, 7) is 6.94. The predicted octanol–water partition coefficient (Wildman–Crippen LogP) is 3.39. The van der Waals surface area contributed by atoms with Gasteiger partial charge in [0.2, 0.25) is 0 Å². The summed E-state index contributed by atoms with van der Waals surface area (Å²) in [6.07, 6.45) is 4.68. The van der Waals surface area contributed by atoms with Crippen molar-refractivity contribution in [2.24, 2.45) is 0 Å². The maximum atomic E-state index is 5.58. The molecular formula is C17H27N3O. The highest BCUT2D eigenvalue weighted by Crippen LogP contribution is 2.23. The number of benzene rings is 1. The van der Waals surface area contributed by atoms with Crippen molar-refractivity contribution in [2.45, 2.75) is 46.1 Å². The van der Waals surface area contributed by atoms with E-state index >= 15 is 0 Å². The van der Waals surface area contributed by atoms with Crippen molar-refractivity contribution in [1.29, 1.82) is 0 Å². The van der Waals surface area contributed by atoms with Crippen molar-refractivity contribution in [2.75, 3.05) is 20.2 Å². The lowest BCUT2D eigenvalue weighted by atomic mass is 10.2. The van der Waals surface area contributed by atoms with Gasteiger partial charge in [-0.2, -0.15) is 0 Å². The fourth-order valence-electron chi connectivity index (χ4n) is 2.61. The van der Waals surface area contributed by atoms with Crippen LogP contribution in [-0.2, 0) is 13.0 Å². The van der Waals surface area contributed by atoms with E-state index in [0.717, 1.165) is 30.8 Å². The minimum Gasteiger partial charge on any atom is -0.494 e. The molecule has 0 amide bonds. The van der Waals surface area contributed by atoms with Crippen LogP contribution >= 0.6 is 0 Å².